The molecule has 0 saturated heterocycles. The molecule has 0 unspecified atom stereocenters. The van der Waals surface area contributed by atoms with Crippen molar-refractivity contribution in [3.8, 4) is 5.75 Å². The van der Waals surface area contributed by atoms with Gasteiger partial charge in [0.1, 0.15) is 11.8 Å². The quantitative estimate of drug-likeness (QED) is 0.765. The summed E-state index contributed by atoms with van der Waals surface area (Å²) in [6, 6.07) is 15.9. The Bertz CT molecular complexity index is 714. The maximum Gasteiger partial charge on any atom is 0.251 e. The van der Waals surface area contributed by atoms with E-state index in [-0.39, 0.29) is 17.7 Å². The molecule has 138 valence electrons. The van der Waals surface area contributed by atoms with Crippen LogP contribution in [0, 0.1) is 5.92 Å². The summed E-state index contributed by atoms with van der Waals surface area (Å²) in [5.74, 6) is 0.376. The van der Waals surface area contributed by atoms with Crippen LogP contribution < -0.4 is 15.4 Å². The van der Waals surface area contributed by atoms with Gasteiger partial charge in [-0.2, -0.15) is 0 Å². The summed E-state index contributed by atoms with van der Waals surface area (Å²) in [5.41, 5.74) is 1.51. The van der Waals surface area contributed by atoms with E-state index in [1.165, 1.54) is 0 Å². The van der Waals surface area contributed by atoms with E-state index in [0.29, 0.717) is 12.1 Å². The monoisotopic (exact) mass is 354 g/mol. The number of hydrogen-bond donors (Lipinski definition) is 2. The Morgan fingerprint density at radius 1 is 1.04 bits per heavy atom. The molecule has 5 nitrogen and oxygen atoms in total. The Morgan fingerprint density at radius 2 is 1.69 bits per heavy atom. The zero-order valence-corrected chi connectivity index (χ0v) is 15.5. The fourth-order valence-electron chi connectivity index (χ4n) is 2.56. The van der Waals surface area contributed by atoms with Crippen LogP contribution in [-0.4, -0.2) is 25.0 Å². The normalized spacial score (nSPS) is 12.7. The van der Waals surface area contributed by atoms with Crippen LogP contribution in [0.15, 0.2) is 54.6 Å². The van der Waals surface area contributed by atoms with Gasteiger partial charge in [0.05, 0.1) is 7.11 Å². The third-order valence-corrected chi connectivity index (χ3v) is 4.44. The molecule has 2 aromatic carbocycles. The van der Waals surface area contributed by atoms with Crippen molar-refractivity contribution < 1.29 is 14.3 Å². The molecule has 0 fully saturated rings. The van der Waals surface area contributed by atoms with Gasteiger partial charge in [0.25, 0.3) is 5.91 Å². The Labute approximate surface area is 154 Å². The molecule has 0 saturated carbocycles. The zero-order valence-electron chi connectivity index (χ0n) is 15.5. The van der Waals surface area contributed by atoms with Gasteiger partial charge < -0.3 is 15.4 Å². The van der Waals surface area contributed by atoms with Crippen LogP contribution in [0.25, 0.3) is 0 Å². The molecule has 2 amide bonds. The van der Waals surface area contributed by atoms with Crippen LogP contribution in [0.1, 0.15) is 36.2 Å². The standard InChI is InChI=1S/C21H26N2O3/c1-4-15(2)19(23-20(24)17-8-6-5-7-9-17)21(25)22-14-16-10-12-18(26-3)13-11-16/h5-13,15,19H,4,14H2,1-3H3,(H,22,25)(H,23,24)/t15-,19-/m0/s1. The molecule has 0 aromatic heterocycles. The van der Waals surface area contributed by atoms with Crippen molar-refractivity contribution in [2.24, 2.45) is 5.92 Å². The zero-order chi connectivity index (χ0) is 18.9. The van der Waals surface area contributed by atoms with Gasteiger partial charge in [-0.3, -0.25) is 9.59 Å². The van der Waals surface area contributed by atoms with Crippen molar-refractivity contribution in [2.45, 2.75) is 32.9 Å². The summed E-state index contributed by atoms with van der Waals surface area (Å²) in [6.45, 7) is 4.36. The lowest BCUT2D eigenvalue weighted by Gasteiger charge is -2.23. The van der Waals surface area contributed by atoms with Crippen LogP contribution in [0.3, 0.4) is 0 Å². The lowest BCUT2D eigenvalue weighted by molar-refractivity contribution is -0.124. The van der Waals surface area contributed by atoms with Crippen LogP contribution in [0.2, 0.25) is 0 Å². The largest absolute Gasteiger partial charge is 0.497 e. The van der Waals surface area contributed by atoms with Crippen molar-refractivity contribution in [3.05, 3.63) is 65.7 Å². The molecular weight excluding hydrogens is 328 g/mol. The Kier molecular flexibility index (Phi) is 7.21. The van der Waals surface area contributed by atoms with E-state index in [4.69, 9.17) is 4.74 Å². The molecule has 0 spiro atoms. The van der Waals surface area contributed by atoms with Crippen LogP contribution in [0.5, 0.6) is 5.75 Å². The van der Waals surface area contributed by atoms with E-state index in [0.717, 1.165) is 17.7 Å². The summed E-state index contributed by atoms with van der Waals surface area (Å²) < 4.78 is 5.13. The highest BCUT2D eigenvalue weighted by Gasteiger charge is 2.26. The molecule has 0 aliphatic heterocycles. The second-order valence-electron chi connectivity index (χ2n) is 6.27. The molecule has 0 bridgehead atoms. The highest BCUT2D eigenvalue weighted by molar-refractivity contribution is 5.97. The molecule has 2 aromatic rings. The molecule has 2 rings (SSSR count). The Balaban J connectivity index is 2.00. The summed E-state index contributed by atoms with van der Waals surface area (Å²) in [5, 5.41) is 5.78. The maximum absolute atomic E-state index is 12.7. The highest BCUT2D eigenvalue weighted by atomic mass is 16.5. The first kappa shape index (κ1) is 19.5. The first-order valence-corrected chi connectivity index (χ1v) is 8.81. The number of benzene rings is 2. The third kappa shape index (κ3) is 5.34. The molecule has 0 heterocycles. The van der Waals surface area contributed by atoms with Gasteiger partial charge >= 0.3 is 0 Å². The third-order valence-electron chi connectivity index (χ3n) is 4.44. The average molecular weight is 354 g/mol. The molecule has 5 heteroatoms. The fraction of sp³-hybridized carbons (Fsp3) is 0.333. The van der Waals surface area contributed by atoms with Gasteiger partial charge in [-0.15, -0.1) is 0 Å². The number of methoxy groups -OCH3 is 1. The predicted octanol–water partition coefficient (Wildman–Crippen LogP) is 3.16. The van der Waals surface area contributed by atoms with E-state index < -0.39 is 6.04 Å². The van der Waals surface area contributed by atoms with Crippen molar-refractivity contribution in [1.29, 1.82) is 0 Å². The molecular formula is C21H26N2O3. The summed E-state index contributed by atoms with van der Waals surface area (Å²) in [4.78, 5) is 25.1. The van der Waals surface area contributed by atoms with Gasteiger partial charge in [-0.05, 0) is 35.7 Å². The van der Waals surface area contributed by atoms with Gasteiger partial charge in [0.2, 0.25) is 5.91 Å². The van der Waals surface area contributed by atoms with E-state index in [9.17, 15) is 9.59 Å². The number of carbonyl (C=O) groups excluding carboxylic acids is 2. The van der Waals surface area contributed by atoms with E-state index in [1.54, 1.807) is 31.4 Å². The number of hydrogen-bond acceptors (Lipinski definition) is 3. The summed E-state index contributed by atoms with van der Waals surface area (Å²) in [6.07, 6.45) is 0.787. The Morgan fingerprint density at radius 3 is 2.27 bits per heavy atom. The average Bonchev–Trinajstić information content (AvgIpc) is 2.70. The molecule has 0 radical (unpaired) electrons. The van der Waals surface area contributed by atoms with Gasteiger partial charge in [-0.1, -0.05) is 50.6 Å². The SMILES string of the molecule is CC[C@H](C)[C@H](NC(=O)c1ccccc1)C(=O)NCc1ccc(OC)cc1. The minimum atomic E-state index is -0.578. The molecule has 2 atom stereocenters. The lowest BCUT2D eigenvalue weighted by atomic mass is 9.97. The summed E-state index contributed by atoms with van der Waals surface area (Å²) >= 11 is 0. The van der Waals surface area contributed by atoms with Crippen LogP contribution >= 0.6 is 0 Å². The molecule has 2 N–H and O–H groups in total. The van der Waals surface area contributed by atoms with E-state index >= 15 is 0 Å². The minimum Gasteiger partial charge on any atom is -0.497 e. The van der Waals surface area contributed by atoms with Crippen molar-refractivity contribution in [3.63, 3.8) is 0 Å². The first-order chi connectivity index (χ1) is 12.5. The number of nitrogens with one attached hydrogen (secondary N) is 2. The fourth-order valence-corrected chi connectivity index (χ4v) is 2.56. The van der Waals surface area contributed by atoms with Crippen molar-refractivity contribution >= 4 is 11.8 Å². The maximum atomic E-state index is 12.7. The number of amides is 2. The molecule has 26 heavy (non-hydrogen) atoms. The highest BCUT2D eigenvalue weighted by Crippen LogP contribution is 2.12. The molecule has 0 aliphatic carbocycles. The lowest BCUT2D eigenvalue weighted by Crippen LogP contribution is -2.50. The summed E-state index contributed by atoms with van der Waals surface area (Å²) in [7, 11) is 1.61. The number of carbonyl (C=O) groups is 2. The van der Waals surface area contributed by atoms with Crippen molar-refractivity contribution in [2.75, 3.05) is 7.11 Å². The predicted molar refractivity (Wildman–Crippen MR) is 102 cm³/mol. The number of rotatable bonds is 8. The van der Waals surface area contributed by atoms with E-state index in [2.05, 4.69) is 10.6 Å². The smallest absolute Gasteiger partial charge is 0.251 e. The second kappa shape index (κ2) is 9.61. The number of ether oxygens (including phenoxy) is 1. The second-order valence-corrected chi connectivity index (χ2v) is 6.27. The van der Waals surface area contributed by atoms with Crippen molar-refractivity contribution in [1.82, 2.24) is 10.6 Å². The van der Waals surface area contributed by atoms with Crippen LogP contribution in [0.4, 0.5) is 0 Å². The topological polar surface area (TPSA) is 67.4 Å². The first-order valence-electron chi connectivity index (χ1n) is 8.81. The Hall–Kier alpha value is -2.82. The van der Waals surface area contributed by atoms with Gasteiger partial charge in [0.15, 0.2) is 0 Å². The van der Waals surface area contributed by atoms with Gasteiger partial charge in [0, 0.05) is 12.1 Å². The molecule has 0 aliphatic rings. The van der Waals surface area contributed by atoms with Gasteiger partial charge in [-0.25, -0.2) is 0 Å². The van der Waals surface area contributed by atoms with E-state index in [1.807, 2.05) is 44.2 Å². The van der Waals surface area contributed by atoms with Crippen LogP contribution in [-0.2, 0) is 11.3 Å². The minimum absolute atomic E-state index is 0.0264.